The summed E-state index contributed by atoms with van der Waals surface area (Å²) in [6.07, 6.45) is 6.63. The summed E-state index contributed by atoms with van der Waals surface area (Å²) in [6.45, 7) is 4.80. The molecule has 6 heteroatoms. The highest BCUT2D eigenvalue weighted by atomic mass is 32.2. The lowest BCUT2D eigenvalue weighted by atomic mass is 9.85. The summed E-state index contributed by atoms with van der Waals surface area (Å²) >= 11 is 1.59. The second-order valence-electron chi connectivity index (χ2n) is 8.37. The smallest absolute Gasteiger partial charge is 0.262 e. The number of carbonyl (C=O) groups is 1. The van der Waals surface area contributed by atoms with E-state index in [1.54, 1.807) is 18.9 Å². The Morgan fingerprint density at radius 1 is 1.12 bits per heavy atom. The minimum Gasteiger partial charge on any atom is -0.493 e. The Morgan fingerprint density at radius 3 is 2.62 bits per heavy atom. The fourth-order valence-electron chi connectivity index (χ4n) is 4.57. The molecule has 32 heavy (non-hydrogen) atoms. The number of nitrogens with zero attached hydrogens (tertiary/aromatic N) is 1. The molecule has 2 aromatic rings. The van der Waals surface area contributed by atoms with E-state index >= 15 is 0 Å². The zero-order valence-corrected chi connectivity index (χ0v) is 19.9. The molecule has 2 fully saturated rings. The number of carbonyl (C=O) groups excluding carboxylic acids is 1. The van der Waals surface area contributed by atoms with Gasteiger partial charge in [0.2, 0.25) is 0 Å². The number of amides is 1. The molecule has 1 heterocycles. The molecule has 2 aliphatic rings. The first-order valence-electron chi connectivity index (χ1n) is 11.4. The summed E-state index contributed by atoms with van der Waals surface area (Å²) in [7, 11) is 1.64. The molecule has 1 unspecified atom stereocenters. The van der Waals surface area contributed by atoms with E-state index in [2.05, 4.69) is 17.1 Å². The van der Waals surface area contributed by atoms with Gasteiger partial charge in [-0.3, -0.25) is 4.79 Å². The Morgan fingerprint density at radius 2 is 1.91 bits per heavy atom. The predicted octanol–water partition coefficient (Wildman–Crippen LogP) is 5.98. The number of nitrogens with one attached hydrogen (secondary N) is 1. The number of para-hydroxylation sites is 1. The number of anilines is 1. The highest BCUT2D eigenvalue weighted by molar-refractivity contribution is 8.05. The van der Waals surface area contributed by atoms with Gasteiger partial charge in [-0.25, -0.2) is 0 Å². The Kier molecular flexibility index (Phi) is 7.30. The third-order valence-corrected chi connectivity index (χ3v) is 7.32. The lowest BCUT2D eigenvalue weighted by molar-refractivity contribution is -0.129. The number of benzene rings is 2. The van der Waals surface area contributed by atoms with Crippen molar-refractivity contribution in [1.29, 1.82) is 0 Å². The van der Waals surface area contributed by atoms with Gasteiger partial charge in [0.1, 0.15) is 0 Å². The molecule has 0 radical (unpaired) electrons. The van der Waals surface area contributed by atoms with Gasteiger partial charge in [0.05, 0.1) is 18.6 Å². The van der Waals surface area contributed by atoms with Crippen molar-refractivity contribution in [3.8, 4) is 11.5 Å². The SMILES string of the molecule is CCOc1ccc(/C=C2\SC(Nc3ccccc3)N([C@H]3CCCC[C@H]3C)C2=O)cc1OC. The zero-order valence-electron chi connectivity index (χ0n) is 19.0. The molecule has 1 saturated heterocycles. The maximum Gasteiger partial charge on any atom is 0.262 e. The van der Waals surface area contributed by atoms with Crippen LogP contribution in [0.5, 0.6) is 11.5 Å². The molecule has 0 aromatic heterocycles. The molecule has 1 saturated carbocycles. The maximum atomic E-state index is 13.6. The van der Waals surface area contributed by atoms with Crippen molar-refractivity contribution in [3.05, 3.63) is 59.0 Å². The second kappa shape index (κ2) is 10.3. The molecule has 1 aliphatic carbocycles. The van der Waals surface area contributed by atoms with Crippen LogP contribution in [-0.4, -0.2) is 36.1 Å². The lowest BCUT2D eigenvalue weighted by Gasteiger charge is -2.39. The van der Waals surface area contributed by atoms with Crippen LogP contribution in [0.3, 0.4) is 0 Å². The highest BCUT2D eigenvalue weighted by Crippen LogP contribution is 2.42. The second-order valence-corrected chi connectivity index (χ2v) is 9.50. The quantitative estimate of drug-likeness (QED) is 0.523. The van der Waals surface area contributed by atoms with Gasteiger partial charge in [0, 0.05) is 11.7 Å². The maximum absolute atomic E-state index is 13.6. The highest BCUT2D eigenvalue weighted by Gasteiger charge is 2.42. The van der Waals surface area contributed by atoms with Crippen molar-refractivity contribution in [3.63, 3.8) is 0 Å². The molecule has 0 spiro atoms. The average Bonchev–Trinajstić information content (AvgIpc) is 3.10. The first-order valence-corrected chi connectivity index (χ1v) is 12.3. The fraction of sp³-hybridized carbons (Fsp3) is 0.423. The topological polar surface area (TPSA) is 50.8 Å². The summed E-state index contributed by atoms with van der Waals surface area (Å²) in [5.41, 5.74) is 1.83. The van der Waals surface area contributed by atoms with Gasteiger partial charge in [-0.1, -0.05) is 55.8 Å². The monoisotopic (exact) mass is 452 g/mol. The van der Waals surface area contributed by atoms with Crippen molar-refractivity contribution in [2.75, 3.05) is 19.0 Å². The zero-order chi connectivity index (χ0) is 22.5. The number of rotatable bonds is 7. The number of hydrogen-bond acceptors (Lipinski definition) is 5. The van der Waals surface area contributed by atoms with E-state index in [0.717, 1.165) is 22.6 Å². The van der Waals surface area contributed by atoms with Crippen molar-refractivity contribution in [1.82, 2.24) is 4.90 Å². The van der Waals surface area contributed by atoms with Gasteiger partial charge in [-0.15, -0.1) is 0 Å². The number of hydrogen-bond donors (Lipinski definition) is 1. The molecule has 1 aliphatic heterocycles. The summed E-state index contributed by atoms with van der Waals surface area (Å²) in [5, 5.41) is 3.59. The van der Waals surface area contributed by atoms with Gasteiger partial charge < -0.3 is 19.7 Å². The van der Waals surface area contributed by atoms with Crippen LogP contribution in [0.25, 0.3) is 6.08 Å². The van der Waals surface area contributed by atoms with Gasteiger partial charge in [-0.2, -0.15) is 0 Å². The van der Waals surface area contributed by atoms with Crippen LogP contribution < -0.4 is 14.8 Å². The van der Waals surface area contributed by atoms with Crippen LogP contribution in [0.4, 0.5) is 5.69 Å². The van der Waals surface area contributed by atoms with Crippen molar-refractivity contribution in [2.45, 2.75) is 51.1 Å². The first kappa shape index (κ1) is 22.6. The molecule has 2 aromatic carbocycles. The van der Waals surface area contributed by atoms with Crippen LogP contribution in [0.2, 0.25) is 0 Å². The molecule has 170 valence electrons. The molecule has 5 nitrogen and oxygen atoms in total. The molecular weight excluding hydrogens is 420 g/mol. The Balaban J connectivity index is 1.63. The van der Waals surface area contributed by atoms with Gasteiger partial charge in [0.25, 0.3) is 5.91 Å². The molecule has 3 atom stereocenters. The van der Waals surface area contributed by atoms with Crippen molar-refractivity contribution < 1.29 is 14.3 Å². The van der Waals surface area contributed by atoms with E-state index in [1.807, 2.05) is 61.5 Å². The summed E-state index contributed by atoms with van der Waals surface area (Å²) < 4.78 is 11.1. The normalized spacial score (nSPS) is 24.6. The van der Waals surface area contributed by atoms with Crippen LogP contribution in [0, 0.1) is 5.92 Å². The third kappa shape index (κ3) is 4.90. The summed E-state index contributed by atoms with van der Waals surface area (Å²) in [4.78, 5) is 16.5. The predicted molar refractivity (Wildman–Crippen MR) is 132 cm³/mol. The number of ether oxygens (including phenoxy) is 2. The van der Waals surface area contributed by atoms with Crippen LogP contribution in [-0.2, 0) is 4.79 Å². The van der Waals surface area contributed by atoms with Crippen molar-refractivity contribution >= 4 is 29.4 Å². The summed E-state index contributed by atoms with van der Waals surface area (Å²) in [5.74, 6) is 1.99. The van der Waals surface area contributed by atoms with Gasteiger partial charge >= 0.3 is 0 Å². The summed E-state index contributed by atoms with van der Waals surface area (Å²) in [6, 6.07) is 16.2. The van der Waals surface area contributed by atoms with Gasteiger partial charge in [-0.05, 0) is 61.6 Å². The minimum absolute atomic E-state index is 0.107. The standard InChI is InChI=1S/C26H32N2O3S/c1-4-31-22-15-14-19(16-23(22)30-3)17-24-25(29)28(21-13-9-8-10-18(21)2)26(32-24)27-20-11-6-5-7-12-20/h5-7,11-12,14-18,21,26-27H,4,8-10,13H2,1-3H3/b24-17-/t18-,21+,26?/m1/s1. The molecule has 1 N–H and O–H groups in total. The number of thioether (sulfide) groups is 1. The molecule has 1 amide bonds. The third-order valence-electron chi connectivity index (χ3n) is 6.21. The van der Waals surface area contributed by atoms with Crippen LogP contribution in [0.1, 0.15) is 45.1 Å². The van der Waals surface area contributed by atoms with E-state index in [9.17, 15) is 4.79 Å². The van der Waals surface area contributed by atoms with E-state index < -0.39 is 0 Å². The molecule has 0 bridgehead atoms. The molecular formula is C26H32N2O3S. The fourth-order valence-corrected chi connectivity index (χ4v) is 5.78. The first-order chi connectivity index (χ1) is 15.6. The van der Waals surface area contributed by atoms with E-state index in [4.69, 9.17) is 9.47 Å². The number of methoxy groups -OCH3 is 1. The Hall–Kier alpha value is -2.60. The van der Waals surface area contributed by atoms with E-state index in [1.165, 1.54) is 19.3 Å². The van der Waals surface area contributed by atoms with Crippen LogP contribution in [0.15, 0.2) is 53.4 Å². The lowest BCUT2D eigenvalue weighted by Crippen LogP contribution is -2.48. The Bertz CT molecular complexity index is 963. The average molecular weight is 453 g/mol. The minimum atomic E-state index is -0.119. The van der Waals surface area contributed by atoms with Crippen LogP contribution >= 0.6 is 11.8 Å². The van der Waals surface area contributed by atoms with E-state index in [0.29, 0.717) is 24.0 Å². The Labute approximate surface area is 195 Å². The van der Waals surface area contributed by atoms with E-state index in [-0.39, 0.29) is 17.4 Å². The van der Waals surface area contributed by atoms with Crippen molar-refractivity contribution in [2.24, 2.45) is 5.92 Å². The molecule has 4 rings (SSSR count). The van der Waals surface area contributed by atoms with Gasteiger partial charge in [0.15, 0.2) is 17.0 Å². The largest absolute Gasteiger partial charge is 0.493 e.